The summed E-state index contributed by atoms with van der Waals surface area (Å²) in [6.07, 6.45) is 2.15. The lowest BCUT2D eigenvalue weighted by Gasteiger charge is -2.35. The van der Waals surface area contributed by atoms with Crippen LogP contribution in [0.15, 0.2) is 53.7 Å². The number of nitrogens with zero attached hydrogens (tertiary/aromatic N) is 2. The zero-order valence-electron chi connectivity index (χ0n) is 29.3. The van der Waals surface area contributed by atoms with Crippen molar-refractivity contribution in [3.05, 3.63) is 70.5 Å². The van der Waals surface area contributed by atoms with Crippen molar-refractivity contribution in [2.75, 3.05) is 13.2 Å². The van der Waals surface area contributed by atoms with Gasteiger partial charge in [-0.1, -0.05) is 75.1 Å². The molecule has 1 saturated heterocycles. The number of rotatable bonds is 13. The molecular formula is C37H45ClFN5O7. The van der Waals surface area contributed by atoms with E-state index in [0.29, 0.717) is 23.6 Å². The first kappa shape index (κ1) is 37.7. The van der Waals surface area contributed by atoms with E-state index < -0.39 is 58.7 Å². The summed E-state index contributed by atoms with van der Waals surface area (Å²) < 4.78 is 18.7. The first-order chi connectivity index (χ1) is 24.2. The minimum absolute atomic E-state index is 0.0149. The highest BCUT2D eigenvalue weighted by Gasteiger charge is 2.55. The average molecular weight is 726 g/mol. The SMILES string of the molecule is CCC[C@H](NC(=O)[C@@H]1CC2(CC(c3cccc(Cl)c3)=NO2)CN1C(=O)[C@@H](NC(=O)OCCc1ccc(F)cc1)C(C)(C)C)C(=O)C(=O)NC1CC1. The van der Waals surface area contributed by atoms with Crippen LogP contribution in [0.1, 0.15) is 77.3 Å². The number of oxime groups is 1. The van der Waals surface area contributed by atoms with Crippen LogP contribution in [0.5, 0.6) is 0 Å². The Bertz CT molecular complexity index is 1680. The van der Waals surface area contributed by atoms with Crippen LogP contribution in [0.25, 0.3) is 0 Å². The van der Waals surface area contributed by atoms with Crippen LogP contribution in [0.2, 0.25) is 5.02 Å². The largest absolute Gasteiger partial charge is 0.449 e. The molecule has 4 atom stereocenters. The molecule has 12 nitrogen and oxygen atoms in total. The second-order valence-corrected chi connectivity index (χ2v) is 15.0. The lowest BCUT2D eigenvalue weighted by Crippen LogP contribution is -2.59. The quantitative estimate of drug-likeness (QED) is 0.258. The Morgan fingerprint density at radius 1 is 1.10 bits per heavy atom. The third kappa shape index (κ3) is 9.63. The number of amides is 4. The summed E-state index contributed by atoms with van der Waals surface area (Å²) in [6.45, 7) is 7.10. The van der Waals surface area contributed by atoms with Crippen LogP contribution in [0.3, 0.4) is 0 Å². The van der Waals surface area contributed by atoms with Gasteiger partial charge in [0.1, 0.15) is 17.9 Å². The molecule has 2 heterocycles. The first-order valence-electron chi connectivity index (χ1n) is 17.3. The van der Waals surface area contributed by atoms with Gasteiger partial charge >= 0.3 is 6.09 Å². The predicted octanol–water partition coefficient (Wildman–Crippen LogP) is 4.46. The Labute approximate surface area is 301 Å². The first-order valence-corrected chi connectivity index (χ1v) is 17.7. The summed E-state index contributed by atoms with van der Waals surface area (Å²) >= 11 is 6.23. The maximum Gasteiger partial charge on any atom is 0.407 e. The highest BCUT2D eigenvalue weighted by atomic mass is 35.5. The highest BCUT2D eigenvalue weighted by molar-refractivity contribution is 6.38. The topological polar surface area (TPSA) is 156 Å². The number of carbonyl (C=O) groups is 5. The van der Waals surface area contributed by atoms with Gasteiger partial charge in [-0.05, 0) is 54.5 Å². The number of nitrogens with one attached hydrogen (secondary N) is 3. The standard InChI is InChI=1S/C37H45ClFN5O7/c1-5-7-27(30(45)33(47)40-26-14-15-26)41-32(46)29-20-37(19-28(43-51-37)23-8-6-9-24(38)18-23)21-44(29)34(48)31(36(2,3)4)42-35(49)50-17-16-22-10-12-25(39)13-11-22/h6,8-13,18,26-27,29,31H,5,7,14-17,19-21H2,1-4H3,(H,40,47)(H,41,46)(H,42,49)/t27-,29-,31+,37?/m0/s1. The number of hydrogen-bond donors (Lipinski definition) is 3. The molecule has 1 saturated carbocycles. The Morgan fingerprint density at radius 3 is 2.47 bits per heavy atom. The van der Waals surface area contributed by atoms with Crippen molar-refractivity contribution in [2.45, 2.75) is 102 Å². The predicted molar refractivity (Wildman–Crippen MR) is 187 cm³/mol. The molecule has 0 aromatic heterocycles. The van der Waals surface area contributed by atoms with Crippen molar-refractivity contribution >= 4 is 46.9 Å². The molecule has 1 aliphatic carbocycles. The molecule has 1 unspecified atom stereocenters. The molecule has 0 radical (unpaired) electrons. The normalized spacial score (nSPS) is 20.9. The molecular weight excluding hydrogens is 681 g/mol. The monoisotopic (exact) mass is 725 g/mol. The van der Waals surface area contributed by atoms with Crippen LogP contribution in [0, 0.1) is 11.2 Å². The van der Waals surface area contributed by atoms with Crippen LogP contribution < -0.4 is 16.0 Å². The van der Waals surface area contributed by atoms with Crippen molar-refractivity contribution in [1.82, 2.24) is 20.9 Å². The van der Waals surface area contributed by atoms with Crippen molar-refractivity contribution in [2.24, 2.45) is 10.6 Å². The zero-order valence-corrected chi connectivity index (χ0v) is 30.1. The van der Waals surface area contributed by atoms with Crippen LogP contribution in [0.4, 0.5) is 9.18 Å². The molecule has 2 aromatic rings. The average Bonchev–Trinajstić information content (AvgIpc) is 3.67. The van der Waals surface area contributed by atoms with Crippen molar-refractivity contribution in [3.63, 3.8) is 0 Å². The lowest BCUT2D eigenvalue weighted by atomic mass is 9.85. The number of halogens is 2. The van der Waals surface area contributed by atoms with E-state index >= 15 is 0 Å². The van der Waals surface area contributed by atoms with Gasteiger partial charge in [-0.2, -0.15) is 0 Å². The number of likely N-dealkylation sites (tertiary alicyclic amines) is 1. The third-order valence-corrected chi connectivity index (χ3v) is 9.48. The summed E-state index contributed by atoms with van der Waals surface area (Å²) in [5.41, 5.74) is 0.186. The smallest absolute Gasteiger partial charge is 0.407 e. The van der Waals surface area contributed by atoms with Gasteiger partial charge in [-0.25, -0.2) is 9.18 Å². The third-order valence-electron chi connectivity index (χ3n) is 9.24. The fourth-order valence-corrected chi connectivity index (χ4v) is 6.50. The lowest BCUT2D eigenvalue weighted by molar-refractivity contribution is -0.144. The van der Waals surface area contributed by atoms with Crippen LogP contribution >= 0.6 is 11.6 Å². The second-order valence-electron chi connectivity index (χ2n) is 14.6. The Kier molecular flexibility index (Phi) is 11.7. The molecule has 3 aliphatic rings. The van der Waals surface area contributed by atoms with Gasteiger partial charge in [-0.15, -0.1) is 0 Å². The Hall–Kier alpha value is -4.52. The van der Waals surface area contributed by atoms with Gasteiger partial charge in [-0.3, -0.25) is 19.2 Å². The molecule has 51 heavy (non-hydrogen) atoms. The van der Waals surface area contributed by atoms with Crippen molar-refractivity contribution in [3.8, 4) is 0 Å². The fraction of sp³-hybridized carbons (Fsp3) is 0.514. The summed E-state index contributed by atoms with van der Waals surface area (Å²) in [5, 5.41) is 13.0. The Morgan fingerprint density at radius 2 is 1.82 bits per heavy atom. The summed E-state index contributed by atoms with van der Waals surface area (Å²) in [4.78, 5) is 74.8. The number of ether oxygens (including phenoxy) is 1. The molecule has 2 fully saturated rings. The molecule has 2 aromatic carbocycles. The van der Waals surface area contributed by atoms with Crippen LogP contribution in [-0.2, 0) is 35.2 Å². The highest BCUT2D eigenvalue weighted by Crippen LogP contribution is 2.40. The van der Waals surface area contributed by atoms with Gasteiger partial charge in [0.15, 0.2) is 5.60 Å². The summed E-state index contributed by atoms with van der Waals surface area (Å²) in [5.74, 6) is -3.05. The van der Waals surface area contributed by atoms with E-state index in [-0.39, 0.29) is 44.3 Å². The number of ketones is 1. The van der Waals surface area contributed by atoms with Gasteiger partial charge in [0.25, 0.3) is 5.91 Å². The minimum atomic E-state index is -1.13. The number of carbonyl (C=O) groups excluding carboxylic acids is 5. The van der Waals surface area contributed by atoms with Gasteiger partial charge in [0.2, 0.25) is 17.6 Å². The summed E-state index contributed by atoms with van der Waals surface area (Å²) in [7, 11) is 0. The van der Waals surface area contributed by atoms with Gasteiger partial charge in [0, 0.05) is 35.9 Å². The van der Waals surface area contributed by atoms with E-state index in [9.17, 15) is 28.4 Å². The zero-order chi connectivity index (χ0) is 36.9. The number of hydrogen-bond acceptors (Lipinski definition) is 8. The van der Waals surface area contributed by atoms with Crippen molar-refractivity contribution in [1.29, 1.82) is 0 Å². The molecule has 2 aliphatic heterocycles. The fourth-order valence-electron chi connectivity index (χ4n) is 6.31. The number of Topliss-reactive ketones (excluding diaryl/α,β-unsaturated/α-hetero) is 1. The van der Waals surface area contributed by atoms with E-state index in [2.05, 4.69) is 21.1 Å². The summed E-state index contributed by atoms with van der Waals surface area (Å²) in [6, 6.07) is 9.56. The molecule has 0 bridgehead atoms. The second kappa shape index (κ2) is 15.8. The maximum atomic E-state index is 14.5. The molecule has 3 N–H and O–H groups in total. The van der Waals surface area contributed by atoms with E-state index in [0.717, 1.165) is 24.0 Å². The molecule has 14 heteroatoms. The van der Waals surface area contributed by atoms with Crippen LogP contribution in [-0.4, -0.2) is 83.1 Å². The van der Waals surface area contributed by atoms with E-state index in [4.69, 9.17) is 21.2 Å². The van der Waals surface area contributed by atoms with Gasteiger partial charge in [0.05, 0.1) is 24.9 Å². The molecule has 4 amide bonds. The molecule has 1 spiro atoms. The molecule has 274 valence electrons. The number of alkyl carbamates (subject to hydrolysis) is 1. The Balaban J connectivity index is 1.35. The molecule has 5 rings (SSSR count). The van der Waals surface area contributed by atoms with E-state index in [1.807, 2.05) is 13.0 Å². The van der Waals surface area contributed by atoms with Gasteiger partial charge < -0.3 is 30.4 Å². The van der Waals surface area contributed by atoms with E-state index in [1.165, 1.54) is 17.0 Å². The minimum Gasteiger partial charge on any atom is -0.449 e. The number of benzene rings is 2. The van der Waals surface area contributed by atoms with Crippen molar-refractivity contribution < 1.29 is 37.9 Å². The van der Waals surface area contributed by atoms with E-state index in [1.54, 1.807) is 51.1 Å². The maximum absolute atomic E-state index is 14.5.